The van der Waals surface area contributed by atoms with E-state index in [1.807, 2.05) is 6.92 Å². The van der Waals surface area contributed by atoms with Crippen LogP contribution in [0, 0.1) is 11.7 Å². The summed E-state index contributed by atoms with van der Waals surface area (Å²) in [6.07, 6.45) is 2.31. The smallest absolute Gasteiger partial charge is 0.262 e. The molecule has 172 valence electrons. The normalized spacial score (nSPS) is 12.0. The minimum atomic E-state index is -0.898. The van der Waals surface area contributed by atoms with E-state index in [0.717, 1.165) is 6.42 Å². The fraction of sp³-hybridized carbons (Fsp3) is 0.348. The van der Waals surface area contributed by atoms with Gasteiger partial charge in [0.15, 0.2) is 11.5 Å². The van der Waals surface area contributed by atoms with Crippen LogP contribution in [-0.4, -0.2) is 37.8 Å². The van der Waals surface area contributed by atoms with Gasteiger partial charge >= 0.3 is 0 Å². The number of carbonyl (C=O) groups is 2. The minimum absolute atomic E-state index is 0.128. The highest BCUT2D eigenvalue weighted by molar-refractivity contribution is 9.10. The lowest BCUT2D eigenvalue weighted by Gasteiger charge is -2.20. The number of benzene rings is 2. The summed E-state index contributed by atoms with van der Waals surface area (Å²) in [6.45, 7) is 6.10. The Morgan fingerprint density at radius 3 is 2.59 bits per heavy atom. The Balaban J connectivity index is 2.09. The zero-order valence-electron chi connectivity index (χ0n) is 18.4. The van der Waals surface area contributed by atoms with Gasteiger partial charge in [-0.3, -0.25) is 9.59 Å². The van der Waals surface area contributed by atoms with Crippen molar-refractivity contribution in [3.8, 4) is 11.5 Å². The van der Waals surface area contributed by atoms with Gasteiger partial charge in [0.05, 0.1) is 30.0 Å². The van der Waals surface area contributed by atoms with Gasteiger partial charge in [0.25, 0.3) is 11.8 Å². The average Bonchev–Trinajstić information content (AvgIpc) is 2.76. The van der Waals surface area contributed by atoms with E-state index in [9.17, 15) is 14.0 Å². The molecule has 2 N–H and O–H groups in total. The van der Waals surface area contributed by atoms with E-state index < -0.39 is 23.7 Å². The highest BCUT2D eigenvalue weighted by atomic mass is 79.9. The molecule has 2 aromatic carbocycles. The van der Waals surface area contributed by atoms with Crippen molar-refractivity contribution in [1.82, 2.24) is 10.7 Å². The van der Waals surface area contributed by atoms with E-state index in [1.54, 1.807) is 32.0 Å². The van der Waals surface area contributed by atoms with Gasteiger partial charge in [-0.15, -0.1) is 0 Å². The maximum atomic E-state index is 13.9. The van der Waals surface area contributed by atoms with E-state index in [4.69, 9.17) is 9.47 Å². The molecule has 1 unspecified atom stereocenters. The SMILES string of the molecule is CCCOc1c(Br)cc(/C=N/NC(=O)C(NC(=O)c2ccccc2F)C(C)C)cc1OC. The summed E-state index contributed by atoms with van der Waals surface area (Å²) in [6, 6.07) is 8.20. The predicted octanol–water partition coefficient (Wildman–Crippen LogP) is 4.29. The summed E-state index contributed by atoms with van der Waals surface area (Å²) in [5.41, 5.74) is 2.96. The topological polar surface area (TPSA) is 89.0 Å². The first kappa shape index (κ1) is 25.3. The number of methoxy groups -OCH3 is 1. The maximum Gasteiger partial charge on any atom is 0.262 e. The van der Waals surface area contributed by atoms with Gasteiger partial charge in [0, 0.05) is 0 Å². The number of ether oxygens (including phenoxy) is 2. The van der Waals surface area contributed by atoms with Crippen LogP contribution in [-0.2, 0) is 4.79 Å². The summed E-state index contributed by atoms with van der Waals surface area (Å²) in [4.78, 5) is 25.0. The van der Waals surface area contributed by atoms with Crippen molar-refractivity contribution in [2.45, 2.75) is 33.2 Å². The molecular formula is C23H27BrFN3O4. The summed E-state index contributed by atoms with van der Waals surface area (Å²) in [7, 11) is 1.54. The van der Waals surface area contributed by atoms with Gasteiger partial charge in [-0.2, -0.15) is 5.10 Å². The van der Waals surface area contributed by atoms with E-state index in [1.165, 1.54) is 31.5 Å². The van der Waals surface area contributed by atoms with E-state index >= 15 is 0 Å². The number of nitrogens with zero attached hydrogens (tertiary/aromatic N) is 1. The molecule has 0 aliphatic carbocycles. The van der Waals surface area contributed by atoms with Crippen LogP contribution in [0.2, 0.25) is 0 Å². The zero-order chi connectivity index (χ0) is 23.7. The molecule has 7 nitrogen and oxygen atoms in total. The van der Waals surface area contributed by atoms with Crippen molar-refractivity contribution in [3.63, 3.8) is 0 Å². The Hall–Kier alpha value is -2.94. The monoisotopic (exact) mass is 507 g/mol. The van der Waals surface area contributed by atoms with E-state index in [2.05, 4.69) is 31.8 Å². The Labute approximate surface area is 195 Å². The van der Waals surface area contributed by atoms with Crippen LogP contribution >= 0.6 is 15.9 Å². The predicted molar refractivity (Wildman–Crippen MR) is 125 cm³/mol. The first-order valence-electron chi connectivity index (χ1n) is 10.2. The summed E-state index contributed by atoms with van der Waals surface area (Å²) in [5, 5.41) is 6.55. The van der Waals surface area contributed by atoms with Gasteiger partial charge in [-0.1, -0.05) is 32.9 Å². The molecule has 0 spiro atoms. The lowest BCUT2D eigenvalue weighted by atomic mass is 10.0. The van der Waals surface area contributed by atoms with Crippen molar-refractivity contribution in [2.75, 3.05) is 13.7 Å². The van der Waals surface area contributed by atoms with Crippen LogP contribution in [0.15, 0.2) is 46.0 Å². The van der Waals surface area contributed by atoms with Gasteiger partial charge in [-0.05, 0) is 58.1 Å². The molecule has 2 aromatic rings. The Kier molecular flexibility index (Phi) is 9.64. The molecule has 0 aliphatic heterocycles. The molecule has 0 heterocycles. The number of amides is 2. The van der Waals surface area contributed by atoms with Gasteiger partial charge in [0.1, 0.15) is 11.9 Å². The third kappa shape index (κ3) is 6.78. The zero-order valence-corrected chi connectivity index (χ0v) is 20.0. The first-order chi connectivity index (χ1) is 15.3. The van der Waals surface area contributed by atoms with Crippen molar-refractivity contribution in [2.24, 2.45) is 11.0 Å². The Morgan fingerprint density at radius 1 is 1.25 bits per heavy atom. The summed E-state index contributed by atoms with van der Waals surface area (Å²) in [5.74, 6) is -0.974. The number of hydrogen-bond acceptors (Lipinski definition) is 5. The van der Waals surface area contributed by atoms with Crippen LogP contribution < -0.4 is 20.2 Å². The van der Waals surface area contributed by atoms with Crippen molar-refractivity contribution in [1.29, 1.82) is 0 Å². The standard InChI is InChI=1S/C23H27BrFN3O4/c1-5-10-32-21-17(24)11-15(12-19(21)31-4)13-26-28-23(30)20(14(2)3)27-22(29)16-8-6-7-9-18(16)25/h6-9,11-14,20H,5,10H2,1-4H3,(H,27,29)(H,28,30)/b26-13+. The van der Waals surface area contributed by atoms with Gasteiger partial charge < -0.3 is 14.8 Å². The highest BCUT2D eigenvalue weighted by Crippen LogP contribution is 2.36. The third-order valence-corrected chi connectivity index (χ3v) is 5.03. The molecule has 32 heavy (non-hydrogen) atoms. The molecule has 0 aromatic heterocycles. The van der Waals surface area contributed by atoms with Crippen molar-refractivity contribution < 1.29 is 23.5 Å². The maximum absolute atomic E-state index is 13.9. The van der Waals surface area contributed by atoms with Gasteiger partial charge in [0.2, 0.25) is 0 Å². The molecule has 0 aliphatic rings. The molecule has 0 saturated carbocycles. The quantitative estimate of drug-likeness (QED) is 0.370. The molecule has 9 heteroatoms. The van der Waals surface area contributed by atoms with E-state index in [-0.39, 0.29) is 11.5 Å². The number of carbonyl (C=O) groups excluding carboxylic acids is 2. The largest absolute Gasteiger partial charge is 0.493 e. The summed E-state index contributed by atoms with van der Waals surface area (Å²) >= 11 is 3.46. The molecule has 2 rings (SSSR count). The first-order valence-corrected chi connectivity index (χ1v) is 11.0. The summed E-state index contributed by atoms with van der Waals surface area (Å²) < 4.78 is 25.6. The fourth-order valence-electron chi connectivity index (χ4n) is 2.80. The highest BCUT2D eigenvalue weighted by Gasteiger charge is 2.25. The fourth-order valence-corrected chi connectivity index (χ4v) is 3.37. The number of nitrogens with one attached hydrogen (secondary N) is 2. The molecule has 2 amide bonds. The lowest BCUT2D eigenvalue weighted by molar-refractivity contribution is -0.123. The molecule has 0 fully saturated rings. The van der Waals surface area contributed by atoms with Crippen LogP contribution in [0.1, 0.15) is 43.1 Å². The third-order valence-electron chi connectivity index (χ3n) is 4.44. The lowest BCUT2D eigenvalue weighted by Crippen LogP contribution is -2.48. The van der Waals surface area contributed by atoms with Crippen LogP contribution in [0.3, 0.4) is 0 Å². The van der Waals surface area contributed by atoms with Crippen LogP contribution in [0.4, 0.5) is 4.39 Å². The molecule has 0 bridgehead atoms. The minimum Gasteiger partial charge on any atom is -0.493 e. The number of halogens is 2. The number of hydrazone groups is 1. The van der Waals surface area contributed by atoms with Crippen molar-refractivity contribution in [3.05, 3.63) is 57.8 Å². The second kappa shape index (κ2) is 12.2. The number of rotatable bonds is 10. The Morgan fingerprint density at radius 2 is 1.97 bits per heavy atom. The second-order valence-corrected chi connectivity index (χ2v) is 8.15. The van der Waals surface area contributed by atoms with Crippen LogP contribution in [0.25, 0.3) is 0 Å². The number of hydrogen-bond donors (Lipinski definition) is 2. The molecular weight excluding hydrogens is 481 g/mol. The van der Waals surface area contributed by atoms with Crippen molar-refractivity contribution >= 4 is 34.0 Å². The van der Waals surface area contributed by atoms with Gasteiger partial charge in [-0.25, -0.2) is 9.82 Å². The molecule has 0 saturated heterocycles. The van der Waals surface area contributed by atoms with Crippen LogP contribution in [0.5, 0.6) is 11.5 Å². The molecule has 0 radical (unpaired) electrons. The van der Waals surface area contributed by atoms with E-state index in [0.29, 0.717) is 28.1 Å². The average molecular weight is 508 g/mol. The Bertz CT molecular complexity index is 982. The molecule has 1 atom stereocenters. The second-order valence-electron chi connectivity index (χ2n) is 7.29.